The molecule has 1 saturated heterocycles. The van der Waals surface area contributed by atoms with Gasteiger partial charge in [-0.15, -0.1) is 0 Å². The molecule has 1 aliphatic rings. The van der Waals surface area contributed by atoms with Crippen LogP contribution in [0.15, 0.2) is 18.2 Å². The topological polar surface area (TPSA) is 55.6 Å². The van der Waals surface area contributed by atoms with Crippen molar-refractivity contribution in [3.63, 3.8) is 0 Å². The molecule has 0 spiro atoms. The Morgan fingerprint density at radius 3 is 2.69 bits per heavy atom. The standard InChI is InChI=1S/C10H11FN2O3/c11-8-1-2-9(13(14)15)10(7-8)12-3-5-16-6-4-12/h1-2,7H,3-6H2. The molecule has 16 heavy (non-hydrogen) atoms. The molecule has 0 aliphatic carbocycles. The lowest BCUT2D eigenvalue weighted by Gasteiger charge is -2.28. The van der Waals surface area contributed by atoms with Gasteiger partial charge in [0.2, 0.25) is 0 Å². The molecule has 6 heteroatoms. The summed E-state index contributed by atoms with van der Waals surface area (Å²) in [6, 6.07) is 3.49. The maximum Gasteiger partial charge on any atom is 0.292 e. The van der Waals surface area contributed by atoms with Gasteiger partial charge in [-0.25, -0.2) is 4.39 Å². The van der Waals surface area contributed by atoms with Crippen LogP contribution in [-0.2, 0) is 4.74 Å². The van der Waals surface area contributed by atoms with Crippen molar-refractivity contribution in [1.29, 1.82) is 0 Å². The molecule has 1 fully saturated rings. The van der Waals surface area contributed by atoms with Crippen molar-refractivity contribution in [2.24, 2.45) is 0 Å². The largest absolute Gasteiger partial charge is 0.378 e. The molecule has 0 saturated carbocycles. The fourth-order valence-corrected chi connectivity index (χ4v) is 1.71. The number of hydrogen-bond acceptors (Lipinski definition) is 4. The van der Waals surface area contributed by atoms with Gasteiger partial charge in [0.05, 0.1) is 18.1 Å². The van der Waals surface area contributed by atoms with Crippen molar-refractivity contribution in [2.75, 3.05) is 31.2 Å². The van der Waals surface area contributed by atoms with Crippen LogP contribution >= 0.6 is 0 Å². The number of hydrogen-bond donors (Lipinski definition) is 0. The Hall–Kier alpha value is -1.69. The number of morpholine rings is 1. The maximum atomic E-state index is 13.1. The highest BCUT2D eigenvalue weighted by atomic mass is 19.1. The minimum absolute atomic E-state index is 0.0664. The molecule has 2 rings (SSSR count). The first kappa shape index (κ1) is 10.8. The quantitative estimate of drug-likeness (QED) is 0.567. The molecular formula is C10H11FN2O3. The molecule has 0 amide bonds. The molecule has 1 heterocycles. The summed E-state index contributed by atoms with van der Waals surface area (Å²) < 4.78 is 18.2. The molecule has 1 aromatic carbocycles. The molecule has 1 aromatic rings. The highest BCUT2D eigenvalue weighted by molar-refractivity contribution is 5.63. The fourth-order valence-electron chi connectivity index (χ4n) is 1.71. The predicted molar refractivity (Wildman–Crippen MR) is 56.1 cm³/mol. The van der Waals surface area contributed by atoms with Gasteiger partial charge in [0.25, 0.3) is 5.69 Å². The van der Waals surface area contributed by atoms with Crippen LogP contribution in [0.5, 0.6) is 0 Å². The van der Waals surface area contributed by atoms with Crippen LogP contribution in [0.2, 0.25) is 0 Å². The first-order valence-electron chi connectivity index (χ1n) is 4.95. The maximum absolute atomic E-state index is 13.1. The van der Waals surface area contributed by atoms with Gasteiger partial charge in [-0.3, -0.25) is 10.1 Å². The second-order valence-corrected chi connectivity index (χ2v) is 3.49. The van der Waals surface area contributed by atoms with Crippen LogP contribution in [0.4, 0.5) is 15.8 Å². The summed E-state index contributed by atoms with van der Waals surface area (Å²) >= 11 is 0. The molecule has 0 bridgehead atoms. The normalized spacial score (nSPS) is 16.2. The summed E-state index contributed by atoms with van der Waals surface area (Å²) in [5.41, 5.74) is 0.261. The Bertz CT molecular complexity index is 405. The second-order valence-electron chi connectivity index (χ2n) is 3.49. The Kier molecular flexibility index (Phi) is 3.00. The van der Waals surface area contributed by atoms with Crippen molar-refractivity contribution in [2.45, 2.75) is 0 Å². The molecule has 5 nitrogen and oxygen atoms in total. The van der Waals surface area contributed by atoms with Crippen LogP contribution in [-0.4, -0.2) is 31.2 Å². The molecule has 86 valence electrons. The number of nitrogens with zero attached hydrogens (tertiary/aromatic N) is 2. The van der Waals surface area contributed by atoms with Crippen LogP contribution in [0.1, 0.15) is 0 Å². The van der Waals surface area contributed by atoms with E-state index in [9.17, 15) is 14.5 Å². The third kappa shape index (κ3) is 2.11. The van der Waals surface area contributed by atoms with E-state index in [4.69, 9.17) is 4.74 Å². The highest BCUT2D eigenvalue weighted by Crippen LogP contribution is 2.29. The number of benzene rings is 1. The Morgan fingerprint density at radius 1 is 1.38 bits per heavy atom. The van der Waals surface area contributed by atoms with Crippen molar-refractivity contribution in [3.05, 3.63) is 34.1 Å². The van der Waals surface area contributed by atoms with Gasteiger partial charge < -0.3 is 9.64 Å². The summed E-state index contributed by atoms with van der Waals surface area (Å²) in [6.45, 7) is 2.11. The van der Waals surface area contributed by atoms with Gasteiger partial charge >= 0.3 is 0 Å². The summed E-state index contributed by atoms with van der Waals surface area (Å²) in [5.74, 6) is -0.466. The fraction of sp³-hybridized carbons (Fsp3) is 0.400. The smallest absolute Gasteiger partial charge is 0.292 e. The molecule has 1 aliphatic heterocycles. The van der Waals surface area contributed by atoms with Crippen molar-refractivity contribution in [3.8, 4) is 0 Å². The van der Waals surface area contributed by atoms with Gasteiger partial charge in [0, 0.05) is 25.2 Å². The van der Waals surface area contributed by atoms with E-state index >= 15 is 0 Å². The third-order valence-corrected chi connectivity index (χ3v) is 2.49. The zero-order chi connectivity index (χ0) is 11.5. The molecule has 0 aromatic heterocycles. The monoisotopic (exact) mass is 226 g/mol. The minimum Gasteiger partial charge on any atom is -0.378 e. The van der Waals surface area contributed by atoms with E-state index in [1.165, 1.54) is 12.1 Å². The van der Waals surface area contributed by atoms with Crippen molar-refractivity contribution in [1.82, 2.24) is 0 Å². The van der Waals surface area contributed by atoms with E-state index in [0.717, 1.165) is 6.07 Å². The second kappa shape index (κ2) is 4.44. The zero-order valence-electron chi connectivity index (χ0n) is 8.56. The number of ether oxygens (including phenoxy) is 1. The molecule has 0 N–H and O–H groups in total. The first-order valence-corrected chi connectivity index (χ1v) is 4.95. The van der Waals surface area contributed by atoms with E-state index in [2.05, 4.69) is 0 Å². The summed E-state index contributed by atoms with van der Waals surface area (Å²) in [4.78, 5) is 12.1. The summed E-state index contributed by atoms with van der Waals surface area (Å²) in [6.07, 6.45) is 0. The van der Waals surface area contributed by atoms with Gasteiger partial charge in [0.15, 0.2) is 0 Å². The van der Waals surface area contributed by atoms with E-state index in [-0.39, 0.29) is 5.69 Å². The number of nitro benzene ring substituents is 1. The Labute approximate surface area is 91.6 Å². The number of halogens is 1. The third-order valence-electron chi connectivity index (χ3n) is 2.49. The first-order chi connectivity index (χ1) is 7.68. The van der Waals surface area contributed by atoms with Gasteiger partial charge in [-0.1, -0.05) is 0 Å². The predicted octanol–water partition coefficient (Wildman–Crippen LogP) is 1.57. The van der Waals surface area contributed by atoms with Gasteiger partial charge in [-0.2, -0.15) is 0 Å². The average molecular weight is 226 g/mol. The summed E-state index contributed by atoms with van der Waals surface area (Å²) in [5, 5.41) is 10.8. The lowest BCUT2D eigenvalue weighted by Crippen LogP contribution is -2.36. The van der Waals surface area contributed by atoms with E-state index in [1.807, 2.05) is 0 Å². The van der Waals surface area contributed by atoms with Crippen LogP contribution in [0.25, 0.3) is 0 Å². The molecule has 0 unspecified atom stereocenters. The van der Waals surface area contributed by atoms with Crippen LogP contribution in [0, 0.1) is 15.9 Å². The van der Waals surface area contributed by atoms with Crippen molar-refractivity contribution >= 4 is 11.4 Å². The lowest BCUT2D eigenvalue weighted by molar-refractivity contribution is -0.384. The summed E-state index contributed by atoms with van der Waals surface area (Å²) in [7, 11) is 0. The minimum atomic E-state index is -0.496. The Morgan fingerprint density at radius 2 is 2.06 bits per heavy atom. The van der Waals surface area contributed by atoms with Gasteiger partial charge in [0.1, 0.15) is 11.5 Å². The highest BCUT2D eigenvalue weighted by Gasteiger charge is 2.21. The lowest BCUT2D eigenvalue weighted by atomic mass is 10.2. The Balaban J connectivity index is 2.36. The van der Waals surface area contributed by atoms with Gasteiger partial charge in [-0.05, 0) is 6.07 Å². The van der Waals surface area contributed by atoms with Crippen LogP contribution < -0.4 is 4.90 Å². The zero-order valence-corrected chi connectivity index (χ0v) is 8.56. The number of anilines is 1. The molecule has 0 radical (unpaired) electrons. The number of rotatable bonds is 2. The molecular weight excluding hydrogens is 215 g/mol. The molecule has 0 atom stereocenters. The van der Waals surface area contributed by atoms with E-state index in [1.54, 1.807) is 4.90 Å². The van der Waals surface area contributed by atoms with E-state index in [0.29, 0.717) is 32.0 Å². The van der Waals surface area contributed by atoms with Crippen molar-refractivity contribution < 1.29 is 14.1 Å². The number of nitro groups is 1. The SMILES string of the molecule is O=[N+]([O-])c1ccc(F)cc1N1CCOCC1. The average Bonchev–Trinajstić information content (AvgIpc) is 2.29. The van der Waals surface area contributed by atoms with Crippen LogP contribution in [0.3, 0.4) is 0 Å². The van der Waals surface area contributed by atoms with E-state index < -0.39 is 10.7 Å².